The molecule has 1 aliphatic rings. The Morgan fingerprint density at radius 3 is 2.83 bits per heavy atom. The number of halogens is 2. The van der Waals surface area contributed by atoms with Crippen LogP contribution in [0.5, 0.6) is 0 Å². The molecule has 3 unspecified atom stereocenters. The average Bonchev–Trinajstić information content (AvgIpc) is 2.67. The monoisotopic (exact) mass is 404 g/mol. The van der Waals surface area contributed by atoms with Gasteiger partial charge in [-0.2, -0.15) is 5.26 Å². The van der Waals surface area contributed by atoms with Gasteiger partial charge in [0.05, 0.1) is 17.9 Å². The number of benzene rings is 1. The molecular weight excluding hydrogens is 384 g/mol. The van der Waals surface area contributed by atoms with Gasteiger partial charge in [0.1, 0.15) is 0 Å². The maximum Gasteiger partial charge on any atom is 0.341 e. The molecule has 1 aromatic heterocycles. The van der Waals surface area contributed by atoms with Crippen LogP contribution in [0.4, 0.5) is 8.78 Å². The molecule has 0 bridgehead atoms. The van der Waals surface area contributed by atoms with E-state index in [1.807, 2.05) is 6.07 Å². The fraction of sp³-hybridized carbons (Fsp3) is 0.421. The van der Waals surface area contributed by atoms with E-state index in [-0.39, 0.29) is 40.9 Å². The summed E-state index contributed by atoms with van der Waals surface area (Å²) in [6, 6.07) is 3.64. The van der Waals surface area contributed by atoms with Gasteiger partial charge in [-0.25, -0.2) is 14.1 Å². The van der Waals surface area contributed by atoms with Crippen molar-refractivity contribution in [2.24, 2.45) is 5.92 Å². The van der Waals surface area contributed by atoms with Crippen molar-refractivity contribution in [2.45, 2.75) is 32.5 Å². The Balaban J connectivity index is 1.77. The van der Waals surface area contributed by atoms with E-state index in [9.17, 15) is 23.3 Å². The third kappa shape index (κ3) is 4.00. The number of nitroso groups, excluding NO2 is 1. The van der Waals surface area contributed by atoms with Gasteiger partial charge < -0.3 is 10.3 Å². The molecule has 0 aliphatic carbocycles. The van der Waals surface area contributed by atoms with E-state index in [1.165, 1.54) is 13.0 Å². The highest BCUT2D eigenvalue weighted by atomic mass is 19.2. The van der Waals surface area contributed by atoms with Crippen LogP contribution in [0.15, 0.2) is 16.9 Å². The van der Waals surface area contributed by atoms with E-state index >= 15 is 0 Å². The van der Waals surface area contributed by atoms with Crippen molar-refractivity contribution in [2.75, 3.05) is 13.1 Å². The molecule has 29 heavy (non-hydrogen) atoms. The Morgan fingerprint density at radius 2 is 2.17 bits per heavy atom. The van der Waals surface area contributed by atoms with Gasteiger partial charge in [-0.15, -0.1) is 0 Å². The standard InChI is InChI=1S/C19H19F2N5O3/c1-9-12(19(28)25-14-4-3-13(20)18(21)17(9)14)5-16(27)24-10(2)11-7-23-15(6-22)26(29)8-11/h3-4,10-11,15,23H,5,7-8H2,1-2H3,(H-,24,25,27,28)/p+1. The van der Waals surface area contributed by atoms with Gasteiger partial charge in [-0.3, -0.25) is 9.59 Å². The average molecular weight is 404 g/mol. The summed E-state index contributed by atoms with van der Waals surface area (Å²) < 4.78 is 28.4. The lowest BCUT2D eigenvalue weighted by molar-refractivity contribution is -0.594. The lowest BCUT2D eigenvalue weighted by Crippen LogP contribution is -2.54. The Kier molecular flexibility index (Phi) is 5.70. The number of amides is 1. The summed E-state index contributed by atoms with van der Waals surface area (Å²) >= 11 is 0. The first kappa shape index (κ1) is 20.5. The third-order valence-electron chi connectivity index (χ3n) is 5.28. The van der Waals surface area contributed by atoms with Gasteiger partial charge in [-0.05, 0) is 31.5 Å². The van der Waals surface area contributed by atoms with Crippen LogP contribution in [0.3, 0.4) is 0 Å². The SMILES string of the molecule is Cc1c(CC(=O)NC(C)C2CNC(C#N)[N+](=O)C2)c(=O)[nH]c2ccc(F)c(F)c12. The highest BCUT2D eigenvalue weighted by Crippen LogP contribution is 2.23. The number of nitriles is 1. The number of carbonyl (C=O) groups is 1. The smallest absolute Gasteiger partial charge is 0.341 e. The van der Waals surface area contributed by atoms with Crippen LogP contribution < -0.4 is 16.2 Å². The van der Waals surface area contributed by atoms with Crippen molar-refractivity contribution >= 4 is 16.8 Å². The molecule has 1 amide bonds. The van der Waals surface area contributed by atoms with Crippen LogP contribution in [0.2, 0.25) is 0 Å². The van der Waals surface area contributed by atoms with Gasteiger partial charge in [0.15, 0.2) is 17.7 Å². The first-order valence-corrected chi connectivity index (χ1v) is 9.08. The number of H-pyrrole nitrogens is 1. The minimum absolute atomic E-state index is 0.0449. The highest BCUT2D eigenvalue weighted by Gasteiger charge is 2.37. The molecule has 2 heterocycles. The fourth-order valence-electron chi connectivity index (χ4n) is 3.55. The highest BCUT2D eigenvalue weighted by molar-refractivity contribution is 5.86. The molecule has 1 aliphatic heterocycles. The number of nitrogens with one attached hydrogen (secondary N) is 3. The molecule has 10 heteroatoms. The van der Waals surface area contributed by atoms with E-state index in [0.29, 0.717) is 11.3 Å². The Hall–Kier alpha value is -3.19. The molecule has 1 saturated heterocycles. The topological polar surface area (TPSA) is 118 Å². The number of rotatable bonds is 4. The number of hydrogen-bond acceptors (Lipinski definition) is 5. The summed E-state index contributed by atoms with van der Waals surface area (Å²) in [5.41, 5.74) is -0.153. The number of nitrogens with zero attached hydrogens (tertiary/aromatic N) is 2. The quantitative estimate of drug-likeness (QED) is 0.658. The number of hydrogen-bond donors (Lipinski definition) is 3. The zero-order valence-electron chi connectivity index (χ0n) is 15.9. The predicted octanol–water partition coefficient (Wildman–Crippen LogP) is 1.01. The van der Waals surface area contributed by atoms with Gasteiger partial charge in [0.25, 0.3) is 5.56 Å². The fourth-order valence-corrected chi connectivity index (χ4v) is 3.55. The number of aromatic nitrogens is 1. The summed E-state index contributed by atoms with van der Waals surface area (Å²) in [6.45, 7) is 3.64. The summed E-state index contributed by atoms with van der Waals surface area (Å²) in [5, 5.41) is 14.3. The second kappa shape index (κ2) is 8.05. The molecule has 3 N–H and O–H groups in total. The van der Waals surface area contributed by atoms with Gasteiger partial charge in [-0.1, -0.05) is 0 Å². The van der Waals surface area contributed by atoms with Crippen LogP contribution in [-0.2, 0) is 11.2 Å². The Labute approximate surface area is 164 Å². The number of aryl methyl sites for hydroxylation is 1. The second-order valence-corrected chi connectivity index (χ2v) is 7.17. The van der Waals surface area contributed by atoms with Crippen molar-refractivity contribution in [3.05, 3.63) is 50.2 Å². The first-order valence-electron chi connectivity index (χ1n) is 9.08. The van der Waals surface area contributed by atoms with Crippen LogP contribution in [0.1, 0.15) is 18.1 Å². The normalized spacial score (nSPS) is 20.3. The molecule has 8 nitrogen and oxygen atoms in total. The van der Waals surface area contributed by atoms with Crippen molar-refractivity contribution in [3.63, 3.8) is 0 Å². The van der Waals surface area contributed by atoms with Crippen LogP contribution in [0.25, 0.3) is 10.9 Å². The zero-order chi connectivity index (χ0) is 21.3. The summed E-state index contributed by atoms with van der Waals surface area (Å²) in [6.07, 6.45) is -1.23. The minimum Gasteiger partial charge on any atom is -0.353 e. The molecule has 0 spiro atoms. The molecule has 0 saturated carbocycles. The summed E-state index contributed by atoms with van der Waals surface area (Å²) in [7, 11) is 0. The first-order chi connectivity index (χ1) is 13.7. The van der Waals surface area contributed by atoms with Crippen LogP contribution in [-0.4, -0.2) is 40.9 Å². The number of aromatic amines is 1. The molecule has 0 radical (unpaired) electrons. The number of pyridine rings is 1. The van der Waals surface area contributed by atoms with Crippen LogP contribution in [0, 0.1) is 40.7 Å². The van der Waals surface area contributed by atoms with Crippen molar-refractivity contribution in [1.29, 1.82) is 5.26 Å². The predicted molar refractivity (Wildman–Crippen MR) is 99.9 cm³/mol. The second-order valence-electron chi connectivity index (χ2n) is 7.17. The van der Waals surface area contributed by atoms with Gasteiger partial charge in [0, 0.05) is 33.2 Å². The van der Waals surface area contributed by atoms with E-state index in [4.69, 9.17) is 5.26 Å². The molecule has 1 fully saturated rings. The Bertz CT molecular complexity index is 1090. The molecule has 2 aromatic rings. The Morgan fingerprint density at radius 1 is 1.45 bits per heavy atom. The van der Waals surface area contributed by atoms with Crippen molar-refractivity contribution in [1.82, 2.24) is 15.6 Å². The zero-order valence-corrected chi connectivity index (χ0v) is 15.9. The third-order valence-corrected chi connectivity index (χ3v) is 5.28. The maximum absolute atomic E-state index is 14.2. The number of fused-ring (bicyclic) bond motifs is 1. The van der Waals surface area contributed by atoms with Crippen molar-refractivity contribution in [3.8, 4) is 6.07 Å². The van der Waals surface area contributed by atoms with Crippen molar-refractivity contribution < 1.29 is 18.3 Å². The molecule has 3 atom stereocenters. The molecule has 1 aromatic carbocycles. The minimum atomic E-state index is -1.08. The summed E-state index contributed by atoms with van der Waals surface area (Å²) in [4.78, 5) is 39.1. The summed E-state index contributed by atoms with van der Waals surface area (Å²) in [5.74, 6) is -2.84. The lowest BCUT2D eigenvalue weighted by atomic mass is 9.97. The molecule has 152 valence electrons. The lowest BCUT2D eigenvalue weighted by Gasteiger charge is -2.26. The van der Waals surface area contributed by atoms with Gasteiger partial charge in [0.2, 0.25) is 12.5 Å². The molecular formula is C19H20F2N5O3+. The maximum atomic E-state index is 14.2. The van der Waals surface area contributed by atoms with E-state index in [1.54, 1.807) is 6.92 Å². The largest absolute Gasteiger partial charge is 0.353 e. The number of carbonyl (C=O) groups excluding carboxylic acids is 1. The van der Waals surface area contributed by atoms with E-state index in [0.717, 1.165) is 6.07 Å². The van der Waals surface area contributed by atoms with Gasteiger partial charge >= 0.3 is 6.17 Å². The van der Waals surface area contributed by atoms with E-state index in [2.05, 4.69) is 15.6 Å². The van der Waals surface area contributed by atoms with E-state index < -0.39 is 35.3 Å². The molecule has 3 rings (SSSR count). The van der Waals surface area contributed by atoms with Crippen LogP contribution >= 0.6 is 0 Å².